The van der Waals surface area contributed by atoms with Gasteiger partial charge in [0.25, 0.3) is 0 Å². The van der Waals surface area contributed by atoms with E-state index in [9.17, 15) is 9.59 Å². The molecule has 128 valence electrons. The maximum atomic E-state index is 12.1. The van der Waals surface area contributed by atoms with Crippen LogP contribution in [0.3, 0.4) is 0 Å². The minimum absolute atomic E-state index is 0.103. The molecule has 6 heteroatoms. The van der Waals surface area contributed by atoms with E-state index >= 15 is 0 Å². The van der Waals surface area contributed by atoms with Gasteiger partial charge in [-0.3, -0.25) is 9.59 Å². The zero-order valence-electron chi connectivity index (χ0n) is 13.6. The van der Waals surface area contributed by atoms with E-state index < -0.39 is 0 Å². The van der Waals surface area contributed by atoms with Crippen molar-refractivity contribution in [1.29, 1.82) is 0 Å². The Morgan fingerprint density at radius 3 is 2.62 bits per heavy atom. The Morgan fingerprint density at radius 1 is 1.17 bits per heavy atom. The number of amides is 1. The number of thiophene rings is 1. The van der Waals surface area contributed by atoms with Crippen molar-refractivity contribution in [3.8, 4) is 5.75 Å². The lowest BCUT2D eigenvalue weighted by atomic mass is 10.1. The molecular weight excluding hydrogens is 326 g/mol. The van der Waals surface area contributed by atoms with E-state index in [4.69, 9.17) is 9.47 Å². The smallest absolute Gasteiger partial charge is 0.307 e. The van der Waals surface area contributed by atoms with E-state index in [0.29, 0.717) is 19.4 Å². The molecule has 1 N–H and O–H groups in total. The molecule has 24 heavy (non-hydrogen) atoms. The summed E-state index contributed by atoms with van der Waals surface area (Å²) in [5.74, 6) is 0.343. The van der Waals surface area contributed by atoms with Gasteiger partial charge in [0.2, 0.25) is 5.91 Å². The summed E-state index contributed by atoms with van der Waals surface area (Å²) in [7, 11) is 1.34. The number of hydrogen-bond donors (Lipinski definition) is 1. The van der Waals surface area contributed by atoms with Gasteiger partial charge in [-0.05, 0) is 30.0 Å². The minimum Gasteiger partial charge on any atom is -0.494 e. The molecule has 1 unspecified atom stereocenters. The van der Waals surface area contributed by atoms with Gasteiger partial charge in [-0.25, -0.2) is 0 Å². The fraction of sp³-hybridized carbons (Fsp3) is 0.333. The highest BCUT2D eigenvalue weighted by Crippen LogP contribution is 2.22. The normalized spacial score (nSPS) is 11.5. The fourth-order valence-electron chi connectivity index (χ4n) is 2.17. The Hall–Kier alpha value is -2.34. The number of hydrogen-bond acceptors (Lipinski definition) is 5. The summed E-state index contributed by atoms with van der Waals surface area (Å²) in [6.07, 6.45) is 1.08. The van der Waals surface area contributed by atoms with Gasteiger partial charge in [-0.2, -0.15) is 0 Å². The molecule has 5 nitrogen and oxygen atoms in total. The van der Waals surface area contributed by atoms with Crippen molar-refractivity contribution < 1.29 is 19.1 Å². The molecule has 1 aromatic heterocycles. The minimum atomic E-state index is -0.347. The molecule has 0 aliphatic heterocycles. The molecule has 0 saturated carbocycles. The van der Waals surface area contributed by atoms with Crippen molar-refractivity contribution >= 4 is 23.2 Å². The van der Waals surface area contributed by atoms with Gasteiger partial charge in [-0.15, -0.1) is 11.3 Å². The second kappa shape index (κ2) is 9.72. The van der Waals surface area contributed by atoms with E-state index in [0.717, 1.165) is 10.6 Å². The molecule has 2 rings (SSSR count). The first-order valence-corrected chi connectivity index (χ1v) is 8.64. The first-order valence-electron chi connectivity index (χ1n) is 7.76. The summed E-state index contributed by atoms with van der Waals surface area (Å²) in [6, 6.07) is 12.9. The standard InChI is InChI=1S/C18H21NO4S/c1-22-18(21)13-15(16-9-6-12-24-16)19-17(20)10-5-11-23-14-7-3-2-4-8-14/h2-4,6-9,12,15H,5,10-11,13H2,1H3,(H,19,20). The molecule has 0 radical (unpaired) electrons. The van der Waals surface area contributed by atoms with Crippen LogP contribution in [0.15, 0.2) is 47.8 Å². The topological polar surface area (TPSA) is 64.6 Å². The largest absolute Gasteiger partial charge is 0.494 e. The van der Waals surface area contributed by atoms with E-state index in [2.05, 4.69) is 5.32 Å². The van der Waals surface area contributed by atoms with Crippen LogP contribution in [0.5, 0.6) is 5.75 Å². The van der Waals surface area contributed by atoms with Crippen molar-refractivity contribution in [3.05, 3.63) is 52.7 Å². The monoisotopic (exact) mass is 347 g/mol. The fourth-order valence-corrected chi connectivity index (χ4v) is 2.95. The molecule has 1 heterocycles. The van der Waals surface area contributed by atoms with Crippen LogP contribution in [0.4, 0.5) is 0 Å². The summed E-state index contributed by atoms with van der Waals surface area (Å²) < 4.78 is 10.3. The van der Waals surface area contributed by atoms with Crippen LogP contribution in [0, 0.1) is 0 Å². The van der Waals surface area contributed by atoms with Crippen molar-refractivity contribution in [2.24, 2.45) is 0 Å². The van der Waals surface area contributed by atoms with Gasteiger partial charge in [0, 0.05) is 11.3 Å². The number of carbonyl (C=O) groups excluding carboxylic acids is 2. The maximum absolute atomic E-state index is 12.1. The Balaban J connectivity index is 1.76. The SMILES string of the molecule is COC(=O)CC(NC(=O)CCCOc1ccccc1)c1cccs1. The van der Waals surface area contributed by atoms with E-state index in [1.807, 2.05) is 47.8 Å². The van der Waals surface area contributed by atoms with E-state index in [-0.39, 0.29) is 24.3 Å². The van der Waals surface area contributed by atoms with Crippen LogP contribution < -0.4 is 10.1 Å². The Kier molecular flexibility index (Phi) is 7.29. The van der Waals surface area contributed by atoms with Crippen LogP contribution >= 0.6 is 11.3 Å². The molecular formula is C18H21NO4S. The van der Waals surface area contributed by atoms with Gasteiger partial charge < -0.3 is 14.8 Å². The third-order valence-electron chi connectivity index (χ3n) is 3.38. The van der Waals surface area contributed by atoms with Gasteiger partial charge in [-0.1, -0.05) is 24.3 Å². The maximum Gasteiger partial charge on any atom is 0.307 e. The molecule has 2 aromatic rings. The summed E-state index contributed by atoms with van der Waals surface area (Å²) >= 11 is 1.50. The number of rotatable bonds is 9. The second-order valence-electron chi connectivity index (χ2n) is 5.18. The molecule has 1 atom stereocenters. The number of nitrogens with one attached hydrogen (secondary N) is 1. The molecule has 0 aliphatic carbocycles. The summed E-state index contributed by atoms with van der Waals surface area (Å²) in [5, 5.41) is 4.81. The van der Waals surface area contributed by atoms with Crippen molar-refractivity contribution in [2.45, 2.75) is 25.3 Å². The first kappa shape index (κ1) is 18.0. The van der Waals surface area contributed by atoms with Crippen LogP contribution in [0.2, 0.25) is 0 Å². The number of esters is 1. The predicted molar refractivity (Wildman–Crippen MR) is 93.0 cm³/mol. The Morgan fingerprint density at radius 2 is 1.96 bits per heavy atom. The Labute approximate surface area is 145 Å². The van der Waals surface area contributed by atoms with Gasteiger partial charge in [0.15, 0.2) is 0 Å². The van der Waals surface area contributed by atoms with Crippen LogP contribution in [-0.4, -0.2) is 25.6 Å². The predicted octanol–water partition coefficient (Wildman–Crippen LogP) is 3.33. The van der Waals surface area contributed by atoms with E-state index in [1.165, 1.54) is 18.4 Å². The zero-order chi connectivity index (χ0) is 17.2. The summed E-state index contributed by atoms with van der Waals surface area (Å²) in [6.45, 7) is 0.470. The number of benzene rings is 1. The molecule has 0 bridgehead atoms. The number of ether oxygens (including phenoxy) is 2. The second-order valence-corrected chi connectivity index (χ2v) is 6.16. The highest BCUT2D eigenvalue weighted by atomic mass is 32.1. The van der Waals surface area contributed by atoms with E-state index in [1.54, 1.807) is 0 Å². The lowest BCUT2D eigenvalue weighted by molar-refractivity contribution is -0.141. The first-order chi connectivity index (χ1) is 11.7. The molecule has 0 aliphatic rings. The zero-order valence-corrected chi connectivity index (χ0v) is 14.4. The van der Waals surface area contributed by atoms with Crippen molar-refractivity contribution in [1.82, 2.24) is 5.32 Å². The molecule has 0 fully saturated rings. The van der Waals surface area contributed by atoms with Crippen molar-refractivity contribution in [2.75, 3.05) is 13.7 Å². The lowest BCUT2D eigenvalue weighted by Crippen LogP contribution is -2.30. The quantitative estimate of drug-likeness (QED) is 0.558. The van der Waals surface area contributed by atoms with Crippen molar-refractivity contribution in [3.63, 3.8) is 0 Å². The number of carbonyl (C=O) groups is 2. The summed E-state index contributed by atoms with van der Waals surface area (Å²) in [4.78, 5) is 24.6. The third kappa shape index (κ3) is 6.04. The average molecular weight is 347 g/mol. The highest BCUT2D eigenvalue weighted by Gasteiger charge is 2.19. The van der Waals surface area contributed by atoms with Crippen LogP contribution in [0.25, 0.3) is 0 Å². The molecule has 0 spiro atoms. The van der Waals surface area contributed by atoms with Crippen LogP contribution in [0.1, 0.15) is 30.2 Å². The average Bonchev–Trinajstić information content (AvgIpc) is 3.13. The molecule has 0 saturated heterocycles. The highest BCUT2D eigenvalue weighted by molar-refractivity contribution is 7.10. The van der Waals surface area contributed by atoms with Gasteiger partial charge >= 0.3 is 5.97 Å². The molecule has 1 amide bonds. The number of para-hydroxylation sites is 1. The van der Waals surface area contributed by atoms with Gasteiger partial charge in [0.1, 0.15) is 5.75 Å². The Bertz CT molecular complexity index is 628. The summed E-state index contributed by atoms with van der Waals surface area (Å²) in [5.41, 5.74) is 0. The lowest BCUT2D eigenvalue weighted by Gasteiger charge is -2.16. The third-order valence-corrected chi connectivity index (χ3v) is 4.37. The van der Waals surface area contributed by atoms with Crippen LogP contribution in [-0.2, 0) is 14.3 Å². The van der Waals surface area contributed by atoms with Gasteiger partial charge in [0.05, 0.1) is 26.2 Å². The number of methoxy groups -OCH3 is 1. The molecule has 1 aromatic carbocycles.